The van der Waals surface area contributed by atoms with Crippen LogP contribution in [0.25, 0.3) is 76.8 Å². The highest BCUT2D eigenvalue weighted by atomic mass is 15.2. The molecule has 3 heteroatoms. The molecule has 0 saturated carbocycles. The van der Waals surface area contributed by atoms with Gasteiger partial charge in [-0.1, -0.05) is 231 Å². The largest absolute Gasteiger partial charge is 0.344 e. The van der Waals surface area contributed by atoms with Crippen molar-refractivity contribution in [3.63, 3.8) is 0 Å². The summed E-state index contributed by atoms with van der Waals surface area (Å²) in [6, 6.07) is 92.7. The number of hydrogen-bond acceptors (Lipinski definition) is 3. The first-order valence-electron chi connectivity index (χ1n) is 25.8. The Bertz CT molecular complexity index is 4460. The third-order valence-corrected chi connectivity index (χ3v) is 17.3. The molecule has 0 amide bonds. The lowest BCUT2D eigenvalue weighted by atomic mass is 9.70. The van der Waals surface area contributed by atoms with Crippen molar-refractivity contribution in [3.05, 3.63) is 310 Å². The van der Waals surface area contributed by atoms with Crippen LogP contribution in [0.2, 0.25) is 0 Å². The Balaban J connectivity index is 0.964. The van der Waals surface area contributed by atoms with Crippen molar-refractivity contribution in [1.82, 2.24) is 5.32 Å². The van der Waals surface area contributed by atoms with Crippen LogP contribution in [0.5, 0.6) is 0 Å². The third kappa shape index (κ3) is 4.96. The Labute approximate surface area is 428 Å². The maximum atomic E-state index is 5.87. The van der Waals surface area contributed by atoms with E-state index in [2.05, 4.69) is 254 Å². The van der Waals surface area contributed by atoms with Crippen molar-refractivity contribution < 1.29 is 0 Å². The zero-order chi connectivity index (χ0) is 48.3. The molecule has 0 radical (unpaired) electrons. The minimum Gasteiger partial charge on any atom is -0.344 e. The van der Waals surface area contributed by atoms with E-state index in [9.17, 15) is 0 Å². The Kier molecular flexibility index (Phi) is 7.93. The van der Waals surface area contributed by atoms with Crippen molar-refractivity contribution in [1.29, 1.82) is 0 Å². The molecule has 17 rings (SSSR count). The van der Waals surface area contributed by atoms with Gasteiger partial charge in [0, 0.05) is 11.1 Å². The summed E-state index contributed by atoms with van der Waals surface area (Å²) in [6.45, 7) is 0. The molecule has 0 aromatic heterocycles. The SMILES string of the molecule is c1ccc2c(c1)-c1ccccc1C21c2ccccc2-c2c1cc(C1=NC(c3ccc4ccccc4c3)NC(c3cc4c(c5ccccc35)-c3ccccc3C43c4ccccc4-c4ccccc43)=N1)c1ccccc21. The highest BCUT2D eigenvalue weighted by molar-refractivity contribution is 6.24. The van der Waals surface area contributed by atoms with Gasteiger partial charge < -0.3 is 5.32 Å². The van der Waals surface area contributed by atoms with Crippen molar-refractivity contribution in [3.8, 4) is 44.5 Å². The van der Waals surface area contributed by atoms with Crippen LogP contribution in [0.1, 0.15) is 67.4 Å². The third-order valence-electron chi connectivity index (χ3n) is 17.3. The van der Waals surface area contributed by atoms with E-state index in [1.165, 1.54) is 111 Å². The number of nitrogens with zero attached hydrogens (tertiary/aromatic N) is 2. The molecule has 3 nitrogen and oxygen atoms in total. The number of hydrogen-bond donors (Lipinski definition) is 1. The molecule has 0 saturated heterocycles. The van der Waals surface area contributed by atoms with Gasteiger partial charge in [-0.25, -0.2) is 9.98 Å². The zero-order valence-electron chi connectivity index (χ0n) is 40.1. The van der Waals surface area contributed by atoms with Crippen molar-refractivity contribution in [2.75, 3.05) is 0 Å². The van der Waals surface area contributed by atoms with E-state index in [1.807, 2.05) is 0 Å². The molecular weight excluding hydrogens is 895 g/mol. The van der Waals surface area contributed by atoms with E-state index in [0.717, 1.165) is 33.3 Å². The minimum atomic E-state index is -0.539. The second-order valence-electron chi connectivity index (χ2n) is 20.6. The van der Waals surface area contributed by atoms with Crippen molar-refractivity contribution in [2.24, 2.45) is 9.98 Å². The number of nitrogens with one attached hydrogen (secondary N) is 1. The Morgan fingerprint density at radius 3 is 1.18 bits per heavy atom. The summed E-state index contributed by atoms with van der Waals surface area (Å²) < 4.78 is 0. The molecule has 74 heavy (non-hydrogen) atoms. The summed E-state index contributed by atoms with van der Waals surface area (Å²) in [4.78, 5) is 11.6. The first-order chi connectivity index (χ1) is 36.7. The molecule has 0 fully saturated rings. The van der Waals surface area contributed by atoms with Gasteiger partial charge in [-0.15, -0.1) is 0 Å². The van der Waals surface area contributed by atoms with E-state index in [4.69, 9.17) is 9.98 Å². The van der Waals surface area contributed by atoms with Crippen LogP contribution in [-0.2, 0) is 10.8 Å². The van der Waals surface area contributed by atoms with Gasteiger partial charge in [-0.3, -0.25) is 0 Å². The van der Waals surface area contributed by atoms with Gasteiger partial charge in [0.2, 0.25) is 0 Å². The molecular formula is C71H43N3. The maximum Gasteiger partial charge on any atom is 0.160 e. The van der Waals surface area contributed by atoms with Crippen LogP contribution >= 0.6 is 0 Å². The lowest BCUT2D eigenvalue weighted by molar-refractivity contribution is 0.675. The molecule has 342 valence electrons. The first kappa shape index (κ1) is 40.2. The minimum absolute atomic E-state index is 0.445. The molecule has 1 aliphatic heterocycles. The summed E-state index contributed by atoms with van der Waals surface area (Å²) in [5.41, 5.74) is 22.8. The number of rotatable bonds is 3. The van der Waals surface area contributed by atoms with Crippen molar-refractivity contribution in [2.45, 2.75) is 17.0 Å². The Morgan fingerprint density at radius 1 is 0.297 bits per heavy atom. The fraction of sp³-hybridized carbons (Fsp3) is 0.0423. The smallest absolute Gasteiger partial charge is 0.160 e. The van der Waals surface area contributed by atoms with Crippen LogP contribution in [0.15, 0.2) is 259 Å². The van der Waals surface area contributed by atoms with E-state index in [-0.39, 0.29) is 0 Å². The van der Waals surface area contributed by atoms with Crippen molar-refractivity contribution >= 4 is 44.0 Å². The summed E-state index contributed by atoms with van der Waals surface area (Å²) in [5.74, 6) is 1.51. The highest BCUT2D eigenvalue weighted by Crippen LogP contribution is 2.66. The lowest BCUT2D eigenvalue weighted by Crippen LogP contribution is -2.34. The molecule has 1 unspecified atom stereocenters. The standard InChI is InChI=1S/C71H43N3/c1-2-20-43-39-44(38-37-42(43)19-1)67-72-68(55-40-63-65(51-27-5-3-21-45(51)55)53-29-11-17-35-61(53)70(63)57-31-13-7-23-47(57)48-24-8-14-32-58(48)70)74-69(73-67)56-41-64-66(52-28-6-4-22-46(52)56)54-30-12-18-36-62(54)71(64)59-33-15-9-25-49(59)50-26-10-16-34-60(50)71/h1-41,67H,(H,72,73,74). The van der Waals surface area contributed by atoms with Gasteiger partial charge in [0.1, 0.15) is 12.0 Å². The number of benzene rings is 12. The molecule has 1 heterocycles. The fourth-order valence-corrected chi connectivity index (χ4v) is 14.5. The number of amidine groups is 2. The normalized spacial score (nSPS) is 16.2. The lowest BCUT2D eigenvalue weighted by Gasteiger charge is -2.32. The van der Waals surface area contributed by atoms with Gasteiger partial charge in [0.15, 0.2) is 5.84 Å². The fourth-order valence-electron chi connectivity index (χ4n) is 14.5. The van der Waals surface area contributed by atoms with Gasteiger partial charge in [0.05, 0.1) is 10.8 Å². The highest BCUT2D eigenvalue weighted by Gasteiger charge is 2.54. The van der Waals surface area contributed by atoms with Crippen LogP contribution in [0.3, 0.4) is 0 Å². The van der Waals surface area contributed by atoms with Crippen LogP contribution in [-0.4, -0.2) is 11.7 Å². The van der Waals surface area contributed by atoms with Crippen LogP contribution < -0.4 is 5.32 Å². The summed E-state index contributed by atoms with van der Waals surface area (Å²) in [7, 11) is 0. The molecule has 4 aliphatic carbocycles. The molecule has 5 aliphatic rings. The average Bonchev–Trinajstić information content (AvgIpc) is 4.24. The average molecular weight is 938 g/mol. The van der Waals surface area contributed by atoms with E-state index >= 15 is 0 Å². The molecule has 12 aromatic rings. The first-order valence-corrected chi connectivity index (χ1v) is 25.8. The Morgan fingerprint density at radius 2 is 0.676 bits per heavy atom. The van der Waals surface area contributed by atoms with E-state index in [1.54, 1.807) is 0 Å². The molecule has 1 atom stereocenters. The number of aliphatic imine (C=N–C) groups is 2. The van der Waals surface area contributed by atoms with Crippen LogP contribution in [0, 0.1) is 0 Å². The van der Waals surface area contributed by atoms with Gasteiger partial charge in [-0.05, 0) is 145 Å². The summed E-state index contributed by atoms with van der Waals surface area (Å²) >= 11 is 0. The summed E-state index contributed by atoms with van der Waals surface area (Å²) in [6.07, 6.45) is -0.445. The number of fused-ring (bicyclic) bond motifs is 25. The molecule has 0 bridgehead atoms. The van der Waals surface area contributed by atoms with Gasteiger partial charge in [0.25, 0.3) is 0 Å². The van der Waals surface area contributed by atoms with Gasteiger partial charge in [-0.2, -0.15) is 0 Å². The Hall–Kier alpha value is -9.44. The van der Waals surface area contributed by atoms with E-state index in [0.29, 0.717) is 5.84 Å². The second kappa shape index (κ2) is 14.6. The van der Waals surface area contributed by atoms with E-state index < -0.39 is 17.0 Å². The van der Waals surface area contributed by atoms with Gasteiger partial charge >= 0.3 is 0 Å². The summed E-state index contributed by atoms with van der Waals surface area (Å²) in [5, 5.41) is 11.1. The molecule has 12 aromatic carbocycles. The predicted molar refractivity (Wildman–Crippen MR) is 303 cm³/mol. The predicted octanol–water partition coefficient (Wildman–Crippen LogP) is 16.3. The molecule has 1 N–H and O–H groups in total. The maximum absolute atomic E-state index is 5.87. The second-order valence-corrected chi connectivity index (χ2v) is 20.6. The van der Waals surface area contributed by atoms with Crippen LogP contribution in [0.4, 0.5) is 0 Å². The topological polar surface area (TPSA) is 36.8 Å². The monoisotopic (exact) mass is 937 g/mol. The quantitative estimate of drug-likeness (QED) is 0.188. The zero-order valence-corrected chi connectivity index (χ0v) is 40.1. The molecule has 2 spiro atoms.